The molecule has 1 rings (SSSR count). The molecule has 0 spiro atoms. The van der Waals surface area contributed by atoms with E-state index in [4.69, 9.17) is 4.74 Å². The number of ether oxygens (including phenoxy) is 1. The van der Waals surface area contributed by atoms with Crippen LogP contribution in [0.1, 0.15) is 64.2 Å². The maximum atomic E-state index is 12.9. The van der Waals surface area contributed by atoms with Crippen molar-refractivity contribution in [3.05, 3.63) is 23.8 Å². The van der Waals surface area contributed by atoms with Gasteiger partial charge in [-0.1, -0.05) is 40.5 Å². The number of nitrogens with zero attached hydrogens (tertiary/aromatic N) is 1. The number of hydrogen-bond donors (Lipinski definition) is 1. The molecule has 27 heavy (non-hydrogen) atoms. The van der Waals surface area contributed by atoms with Crippen LogP contribution in [-0.4, -0.2) is 44.9 Å². The smallest absolute Gasteiger partial charge is 0.251 e. The van der Waals surface area contributed by atoms with Gasteiger partial charge in [0.2, 0.25) is 10.0 Å². The third-order valence-corrected chi connectivity index (χ3v) is 6.62. The van der Waals surface area contributed by atoms with Gasteiger partial charge in [-0.15, -0.1) is 0 Å². The number of benzene rings is 1. The molecule has 0 radical (unpaired) electrons. The monoisotopic (exact) mass is 398 g/mol. The molecule has 0 fully saturated rings. The predicted molar refractivity (Wildman–Crippen MR) is 109 cm³/mol. The summed E-state index contributed by atoms with van der Waals surface area (Å²) in [5.74, 6) is 0.608. The molecule has 7 heteroatoms. The summed E-state index contributed by atoms with van der Waals surface area (Å²) in [6.45, 7) is 10.6. The molecule has 154 valence electrons. The highest BCUT2D eigenvalue weighted by Crippen LogP contribution is 2.28. The molecule has 6 nitrogen and oxygen atoms in total. The minimum absolute atomic E-state index is 0.0220. The molecule has 1 atom stereocenters. The van der Waals surface area contributed by atoms with Crippen LogP contribution in [-0.2, 0) is 10.0 Å². The fourth-order valence-electron chi connectivity index (χ4n) is 2.93. The molecule has 0 aliphatic rings. The number of amides is 1. The molecule has 0 bridgehead atoms. The summed E-state index contributed by atoms with van der Waals surface area (Å²) in [6.07, 6.45) is 3.06. The summed E-state index contributed by atoms with van der Waals surface area (Å²) < 4.78 is 32.4. The number of nitrogens with one attached hydrogen (secondary N) is 1. The molecule has 1 unspecified atom stereocenters. The first-order valence-corrected chi connectivity index (χ1v) is 11.1. The molecular formula is C20H34N2O4S. The Morgan fingerprint density at radius 2 is 1.78 bits per heavy atom. The van der Waals surface area contributed by atoms with Gasteiger partial charge in [-0.3, -0.25) is 4.79 Å². The van der Waals surface area contributed by atoms with Crippen molar-refractivity contribution in [3.63, 3.8) is 0 Å². The lowest BCUT2D eigenvalue weighted by Crippen LogP contribution is -2.33. The number of carbonyl (C=O) groups excluding carboxylic acids is 1. The van der Waals surface area contributed by atoms with Crippen LogP contribution >= 0.6 is 0 Å². The minimum Gasteiger partial charge on any atom is -0.495 e. The molecule has 0 heterocycles. The Kier molecular flexibility index (Phi) is 9.26. The van der Waals surface area contributed by atoms with E-state index in [1.54, 1.807) is 19.9 Å². The summed E-state index contributed by atoms with van der Waals surface area (Å²) in [7, 11) is -2.30. The van der Waals surface area contributed by atoms with E-state index in [1.807, 2.05) is 6.92 Å². The van der Waals surface area contributed by atoms with Crippen molar-refractivity contribution in [1.82, 2.24) is 9.62 Å². The summed E-state index contributed by atoms with van der Waals surface area (Å²) >= 11 is 0. The number of methoxy groups -OCH3 is 1. The molecule has 0 aliphatic carbocycles. The zero-order valence-corrected chi connectivity index (χ0v) is 18.2. The second-order valence-electron chi connectivity index (χ2n) is 7.15. The number of hydrogen-bond acceptors (Lipinski definition) is 4. The number of rotatable bonds is 11. The van der Waals surface area contributed by atoms with Gasteiger partial charge in [0.15, 0.2) is 0 Å². The lowest BCUT2D eigenvalue weighted by atomic mass is 10.0. The van der Waals surface area contributed by atoms with Crippen LogP contribution in [0.4, 0.5) is 0 Å². The summed E-state index contributed by atoms with van der Waals surface area (Å²) in [5.41, 5.74) is 0.317. The van der Waals surface area contributed by atoms with Gasteiger partial charge in [0.05, 0.1) is 7.11 Å². The van der Waals surface area contributed by atoms with E-state index in [-0.39, 0.29) is 22.6 Å². The summed E-state index contributed by atoms with van der Waals surface area (Å²) in [6, 6.07) is 4.56. The van der Waals surface area contributed by atoms with Crippen molar-refractivity contribution >= 4 is 15.9 Å². The standard InChI is InChI=1S/C20H34N2O4S/c1-7-22(8-2)27(24,25)19-14-17(12-13-18(19)26-6)20(23)21-16(5)11-9-10-15(3)4/h12-16H,7-11H2,1-6H3,(H,21,23). The largest absolute Gasteiger partial charge is 0.495 e. The quantitative estimate of drug-likeness (QED) is 0.617. The van der Waals surface area contributed by atoms with E-state index in [1.165, 1.54) is 23.5 Å². The third kappa shape index (κ3) is 6.50. The average molecular weight is 399 g/mol. The van der Waals surface area contributed by atoms with Crippen LogP contribution < -0.4 is 10.1 Å². The van der Waals surface area contributed by atoms with E-state index in [0.29, 0.717) is 24.6 Å². The van der Waals surface area contributed by atoms with Gasteiger partial charge in [0, 0.05) is 24.7 Å². The van der Waals surface area contributed by atoms with Gasteiger partial charge < -0.3 is 10.1 Å². The molecule has 1 amide bonds. The van der Waals surface area contributed by atoms with Crippen molar-refractivity contribution in [2.75, 3.05) is 20.2 Å². The molecule has 1 aromatic rings. The fourth-order valence-corrected chi connectivity index (χ4v) is 4.57. The van der Waals surface area contributed by atoms with Gasteiger partial charge in [-0.05, 0) is 37.5 Å². The Labute approximate surface area is 164 Å². The Bertz CT molecular complexity index is 713. The summed E-state index contributed by atoms with van der Waals surface area (Å²) in [4.78, 5) is 12.6. The fraction of sp³-hybridized carbons (Fsp3) is 0.650. The number of sulfonamides is 1. The van der Waals surface area contributed by atoms with E-state index in [0.717, 1.165) is 19.3 Å². The molecule has 0 aliphatic heterocycles. The Balaban J connectivity index is 3.02. The highest BCUT2D eigenvalue weighted by Gasteiger charge is 2.27. The van der Waals surface area contributed by atoms with Gasteiger partial charge in [-0.2, -0.15) is 4.31 Å². The van der Waals surface area contributed by atoms with Crippen molar-refractivity contribution < 1.29 is 17.9 Å². The SMILES string of the molecule is CCN(CC)S(=O)(=O)c1cc(C(=O)NC(C)CCCC(C)C)ccc1OC. The first-order chi connectivity index (χ1) is 12.7. The Hall–Kier alpha value is -1.60. The predicted octanol–water partition coefficient (Wildman–Crippen LogP) is 3.67. The van der Waals surface area contributed by atoms with Gasteiger partial charge in [0.1, 0.15) is 10.6 Å². The highest BCUT2D eigenvalue weighted by atomic mass is 32.2. The van der Waals surface area contributed by atoms with Crippen molar-refractivity contribution in [1.29, 1.82) is 0 Å². The normalized spacial score (nSPS) is 13.0. The molecule has 1 aromatic carbocycles. The Morgan fingerprint density at radius 3 is 2.30 bits per heavy atom. The van der Waals surface area contributed by atoms with Crippen LogP contribution in [0.3, 0.4) is 0 Å². The minimum atomic E-state index is -3.72. The summed E-state index contributed by atoms with van der Waals surface area (Å²) in [5, 5.41) is 2.96. The maximum Gasteiger partial charge on any atom is 0.251 e. The van der Waals surface area contributed by atoms with Crippen LogP contribution in [0.25, 0.3) is 0 Å². The molecule has 0 saturated carbocycles. The second kappa shape index (κ2) is 10.7. The Morgan fingerprint density at radius 1 is 1.15 bits per heavy atom. The van der Waals surface area contributed by atoms with Gasteiger partial charge >= 0.3 is 0 Å². The van der Waals surface area contributed by atoms with E-state index in [2.05, 4.69) is 19.2 Å². The van der Waals surface area contributed by atoms with Gasteiger partial charge in [-0.25, -0.2) is 8.42 Å². The van der Waals surface area contributed by atoms with Crippen LogP contribution in [0.2, 0.25) is 0 Å². The topological polar surface area (TPSA) is 75.7 Å². The molecule has 1 N–H and O–H groups in total. The van der Waals surface area contributed by atoms with Crippen molar-refractivity contribution in [3.8, 4) is 5.75 Å². The lowest BCUT2D eigenvalue weighted by Gasteiger charge is -2.21. The zero-order chi connectivity index (χ0) is 20.6. The van der Waals surface area contributed by atoms with Crippen LogP contribution in [0.5, 0.6) is 5.75 Å². The second-order valence-corrected chi connectivity index (χ2v) is 9.06. The molecule has 0 saturated heterocycles. The average Bonchev–Trinajstić information content (AvgIpc) is 2.61. The zero-order valence-electron chi connectivity index (χ0n) is 17.4. The van der Waals surface area contributed by atoms with Gasteiger partial charge in [0.25, 0.3) is 5.91 Å². The maximum absolute atomic E-state index is 12.9. The van der Waals surface area contributed by atoms with Crippen LogP contribution in [0, 0.1) is 5.92 Å². The van der Waals surface area contributed by atoms with E-state index in [9.17, 15) is 13.2 Å². The first-order valence-electron chi connectivity index (χ1n) is 9.66. The van der Waals surface area contributed by atoms with Crippen LogP contribution in [0.15, 0.2) is 23.1 Å². The van der Waals surface area contributed by atoms with Crippen molar-refractivity contribution in [2.24, 2.45) is 5.92 Å². The molecular weight excluding hydrogens is 364 g/mol. The highest BCUT2D eigenvalue weighted by molar-refractivity contribution is 7.89. The lowest BCUT2D eigenvalue weighted by molar-refractivity contribution is 0.0937. The molecule has 0 aromatic heterocycles. The third-order valence-electron chi connectivity index (χ3n) is 4.55. The number of carbonyl (C=O) groups is 1. The van der Waals surface area contributed by atoms with E-state index >= 15 is 0 Å². The van der Waals surface area contributed by atoms with Crippen molar-refractivity contribution in [2.45, 2.75) is 64.8 Å². The first kappa shape index (κ1) is 23.4. The van der Waals surface area contributed by atoms with E-state index < -0.39 is 10.0 Å².